The highest BCUT2D eigenvalue weighted by atomic mass is 35.5. The lowest BCUT2D eigenvalue weighted by Crippen LogP contribution is -2.32. The number of carbonyl (C=O) groups excluding carboxylic acids is 1. The number of benzene rings is 1. The van der Waals surface area contributed by atoms with Crippen LogP contribution < -0.4 is 0 Å². The van der Waals surface area contributed by atoms with Crippen LogP contribution in [-0.2, 0) is 9.53 Å². The van der Waals surface area contributed by atoms with Gasteiger partial charge in [-0.15, -0.1) is 0 Å². The molecule has 1 aromatic carbocycles. The normalized spacial score (nSPS) is 12.0. The molecule has 2 aromatic rings. The number of ether oxygens (including phenoxy) is 1. The van der Waals surface area contributed by atoms with Crippen LogP contribution in [0.3, 0.4) is 0 Å². The van der Waals surface area contributed by atoms with Gasteiger partial charge in [-0.3, -0.25) is 9.78 Å². The van der Waals surface area contributed by atoms with E-state index in [0.717, 1.165) is 11.1 Å². The summed E-state index contributed by atoms with van der Waals surface area (Å²) in [7, 11) is 3.39. The number of carbonyl (C=O) groups is 1. The van der Waals surface area contributed by atoms with Crippen LogP contribution in [0.5, 0.6) is 0 Å². The first-order valence-corrected chi connectivity index (χ1v) is 7.41. The molecule has 0 bridgehead atoms. The van der Waals surface area contributed by atoms with Gasteiger partial charge in [0.1, 0.15) is 0 Å². The fourth-order valence-corrected chi connectivity index (χ4v) is 2.47. The first kappa shape index (κ1) is 16.5. The van der Waals surface area contributed by atoms with Crippen LogP contribution in [0.15, 0.2) is 48.8 Å². The van der Waals surface area contributed by atoms with Gasteiger partial charge in [0.15, 0.2) is 0 Å². The van der Waals surface area contributed by atoms with Gasteiger partial charge in [0.05, 0.1) is 19.1 Å². The maximum absolute atomic E-state index is 12.4. The summed E-state index contributed by atoms with van der Waals surface area (Å²) in [6, 6.07) is 11.2. The second-order valence-electron chi connectivity index (χ2n) is 4.98. The lowest BCUT2D eigenvalue weighted by atomic mass is 9.98. The largest absolute Gasteiger partial charge is 0.384 e. The third kappa shape index (κ3) is 4.06. The van der Waals surface area contributed by atoms with E-state index in [-0.39, 0.29) is 11.9 Å². The average molecular weight is 319 g/mol. The molecule has 1 aromatic heterocycles. The van der Waals surface area contributed by atoms with Crippen LogP contribution in [0.4, 0.5) is 0 Å². The molecule has 4 nitrogen and oxygen atoms in total. The van der Waals surface area contributed by atoms with E-state index < -0.39 is 0 Å². The van der Waals surface area contributed by atoms with Crippen LogP contribution in [0, 0.1) is 0 Å². The smallest absolute Gasteiger partial charge is 0.225 e. The summed E-state index contributed by atoms with van der Waals surface area (Å²) in [6.45, 7) is 0.410. The molecular weight excluding hydrogens is 300 g/mol. The zero-order valence-electron chi connectivity index (χ0n) is 12.7. The summed E-state index contributed by atoms with van der Waals surface area (Å²) >= 11 is 5.97. The molecule has 0 aliphatic carbocycles. The number of amides is 1. The molecule has 1 amide bonds. The van der Waals surface area contributed by atoms with E-state index in [1.807, 2.05) is 36.4 Å². The Balaban J connectivity index is 2.33. The number of halogens is 1. The first-order chi connectivity index (χ1) is 10.6. The van der Waals surface area contributed by atoms with Gasteiger partial charge in [-0.2, -0.15) is 0 Å². The molecule has 22 heavy (non-hydrogen) atoms. The van der Waals surface area contributed by atoms with Crippen molar-refractivity contribution < 1.29 is 9.53 Å². The maximum atomic E-state index is 12.4. The summed E-state index contributed by atoms with van der Waals surface area (Å²) < 4.78 is 4.99. The van der Waals surface area contributed by atoms with Crippen molar-refractivity contribution in [3.05, 3.63) is 64.9 Å². The van der Waals surface area contributed by atoms with Crippen molar-refractivity contribution in [3.8, 4) is 0 Å². The highest BCUT2D eigenvalue weighted by Gasteiger charge is 2.23. The minimum absolute atomic E-state index is 0.0265. The lowest BCUT2D eigenvalue weighted by Gasteiger charge is -2.29. The lowest BCUT2D eigenvalue weighted by molar-refractivity contribution is -0.132. The summed E-state index contributed by atoms with van der Waals surface area (Å²) in [5.41, 5.74) is 2.01. The third-order valence-electron chi connectivity index (χ3n) is 3.51. The van der Waals surface area contributed by atoms with Crippen LogP contribution in [0.1, 0.15) is 23.6 Å². The van der Waals surface area contributed by atoms with Crippen molar-refractivity contribution in [2.45, 2.75) is 12.5 Å². The molecule has 116 valence electrons. The van der Waals surface area contributed by atoms with E-state index in [4.69, 9.17) is 16.3 Å². The molecule has 0 N–H and O–H groups in total. The van der Waals surface area contributed by atoms with E-state index in [1.165, 1.54) is 0 Å². The highest BCUT2D eigenvalue weighted by Crippen LogP contribution is 2.28. The molecule has 0 aliphatic rings. The molecule has 2 rings (SSSR count). The Morgan fingerprint density at radius 1 is 1.18 bits per heavy atom. The molecule has 1 atom stereocenters. The molecule has 0 unspecified atom stereocenters. The number of aromatic nitrogens is 1. The number of rotatable bonds is 6. The Hall–Kier alpha value is -1.91. The van der Waals surface area contributed by atoms with Gasteiger partial charge < -0.3 is 9.64 Å². The quantitative estimate of drug-likeness (QED) is 0.820. The minimum atomic E-state index is -0.176. The van der Waals surface area contributed by atoms with Gasteiger partial charge in [-0.1, -0.05) is 23.7 Å². The van der Waals surface area contributed by atoms with Gasteiger partial charge in [0.2, 0.25) is 5.91 Å². The van der Waals surface area contributed by atoms with E-state index >= 15 is 0 Å². The number of nitrogens with zero attached hydrogens (tertiary/aromatic N) is 2. The average Bonchev–Trinajstić information content (AvgIpc) is 2.55. The van der Waals surface area contributed by atoms with Gasteiger partial charge >= 0.3 is 0 Å². The molecule has 0 spiro atoms. The molecule has 0 fully saturated rings. The van der Waals surface area contributed by atoms with E-state index in [2.05, 4.69) is 4.98 Å². The number of hydrogen-bond donors (Lipinski definition) is 0. The van der Waals surface area contributed by atoms with Crippen molar-refractivity contribution in [3.63, 3.8) is 0 Å². The van der Waals surface area contributed by atoms with Crippen molar-refractivity contribution in [1.82, 2.24) is 9.88 Å². The van der Waals surface area contributed by atoms with Crippen molar-refractivity contribution in [2.75, 3.05) is 20.8 Å². The molecule has 1 heterocycles. The van der Waals surface area contributed by atoms with Gasteiger partial charge in [0, 0.05) is 31.6 Å². The molecule has 0 aliphatic heterocycles. The summed E-state index contributed by atoms with van der Waals surface area (Å²) in [4.78, 5) is 18.1. The summed E-state index contributed by atoms with van der Waals surface area (Å²) in [6.07, 6.45) is 3.81. The zero-order valence-corrected chi connectivity index (χ0v) is 13.5. The van der Waals surface area contributed by atoms with Gasteiger partial charge in [0.25, 0.3) is 0 Å². The Bertz CT molecular complexity index is 602. The van der Waals surface area contributed by atoms with Gasteiger partial charge in [-0.05, 0) is 35.4 Å². The summed E-state index contributed by atoms with van der Waals surface area (Å²) in [5, 5.41) is 0.672. The number of methoxy groups -OCH3 is 1. The second kappa shape index (κ2) is 7.92. The Morgan fingerprint density at radius 2 is 1.77 bits per heavy atom. The van der Waals surface area contributed by atoms with Crippen molar-refractivity contribution >= 4 is 17.5 Å². The van der Waals surface area contributed by atoms with E-state index in [9.17, 15) is 4.79 Å². The highest BCUT2D eigenvalue weighted by molar-refractivity contribution is 6.30. The zero-order chi connectivity index (χ0) is 15.9. The Kier molecular flexibility index (Phi) is 5.92. The van der Waals surface area contributed by atoms with E-state index in [1.54, 1.807) is 31.5 Å². The van der Waals surface area contributed by atoms with Crippen LogP contribution in [-0.4, -0.2) is 36.6 Å². The number of hydrogen-bond acceptors (Lipinski definition) is 3. The predicted octanol–water partition coefficient (Wildman–Crippen LogP) is 3.32. The van der Waals surface area contributed by atoms with Crippen molar-refractivity contribution in [2.24, 2.45) is 0 Å². The first-order valence-electron chi connectivity index (χ1n) is 7.03. The van der Waals surface area contributed by atoms with Gasteiger partial charge in [-0.25, -0.2) is 0 Å². The Labute approximate surface area is 135 Å². The van der Waals surface area contributed by atoms with E-state index in [0.29, 0.717) is 18.1 Å². The van der Waals surface area contributed by atoms with Crippen LogP contribution >= 0.6 is 11.6 Å². The van der Waals surface area contributed by atoms with Crippen LogP contribution in [0.25, 0.3) is 0 Å². The fraction of sp³-hybridized carbons (Fsp3) is 0.294. The maximum Gasteiger partial charge on any atom is 0.225 e. The molecule has 5 heteroatoms. The van der Waals surface area contributed by atoms with Crippen LogP contribution in [0.2, 0.25) is 5.02 Å². The van der Waals surface area contributed by atoms with Crippen molar-refractivity contribution in [1.29, 1.82) is 0 Å². The second-order valence-corrected chi connectivity index (χ2v) is 5.42. The molecule has 0 saturated carbocycles. The topological polar surface area (TPSA) is 42.4 Å². The predicted molar refractivity (Wildman–Crippen MR) is 86.8 cm³/mol. The third-order valence-corrected chi connectivity index (χ3v) is 3.76. The number of pyridine rings is 1. The standard InChI is InChI=1S/C17H19ClN2O2/c1-20(16(21)9-12-22-2)17(14-7-10-19-11-8-14)13-3-5-15(18)6-4-13/h3-8,10-11,17H,9,12H2,1-2H3/t17-/m0/s1. The molecular formula is C17H19ClN2O2. The SMILES string of the molecule is COCCC(=O)N(C)[C@H](c1ccncc1)c1ccc(Cl)cc1. The monoisotopic (exact) mass is 318 g/mol. The minimum Gasteiger partial charge on any atom is -0.384 e. The molecule has 0 radical (unpaired) electrons. The summed E-state index contributed by atoms with van der Waals surface area (Å²) in [5.74, 6) is 0.0265. The molecule has 0 saturated heterocycles. The Morgan fingerprint density at radius 3 is 2.36 bits per heavy atom. The fourth-order valence-electron chi connectivity index (χ4n) is 2.34.